The molecule has 0 saturated heterocycles. The molecule has 0 bridgehead atoms. The largest absolute Gasteiger partial charge is 0.331 e. The standard InChI is InChI=1S/C18H20FN3OS/c1-12-7-8-13(2)16(11-12)20-18(24)22-21-17(23)10-9-14-5-3-4-6-15(14)19/h3-8,11H,9-10H2,1-2H3,(H,21,23)(H2,20,22,24). The minimum atomic E-state index is -0.301. The van der Waals surface area contributed by atoms with Crippen molar-refractivity contribution in [3.05, 3.63) is 65.0 Å². The van der Waals surface area contributed by atoms with Crippen molar-refractivity contribution >= 4 is 28.9 Å². The Kier molecular flexibility index (Phi) is 6.26. The van der Waals surface area contributed by atoms with E-state index in [9.17, 15) is 9.18 Å². The average Bonchev–Trinajstić information content (AvgIpc) is 2.55. The molecule has 1 amide bonds. The number of anilines is 1. The lowest BCUT2D eigenvalue weighted by atomic mass is 10.1. The van der Waals surface area contributed by atoms with Crippen molar-refractivity contribution in [2.24, 2.45) is 0 Å². The van der Waals surface area contributed by atoms with Gasteiger partial charge in [-0.15, -0.1) is 0 Å². The van der Waals surface area contributed by atoms with E-state index in [1.807, 2.05) is 32.0 Å². The van der Waals surface area contributed by atoms with Gasteiger partial charge in [0.1, 0.15) is 5.82 Å². The monoisotopic (exact) mass is 345 g/mol. The second-order valence-corrected chi connectivity index (χ2v) is 5.95. The quantitative estimate of drug-likeness (QED) is 0.587. The van der Waals surface area contributed by atoms with E-state index >= 15 is 0 Å². The molecule has 126 valence electrons. The highest BCUT2D eigenvalue weighted by atomic mass is 32.1. The van der Waals surface area contributed by atoms with E-state index in [0.29, 0.717) is 17.1 Å². The number of carbonyl (C=O) groups excluding carboxylic acids is 1. The molecule has 24 heavy (non-hydrogen) atoms. The van der Waals surface area contributed by atoms with Crippen LogP contribution in [0.25, 0.3) is 0 Å². The lowest BCUT2D eigenvalue weighted by Crippen LogP contribution is -2.43. The van der Waals surface area contributed by atoms with Gasteiger partial charge in [0.2, 0.25) is 5.91 Å². The van der Waals surface area contributed by atoms with Crippen molar-refractivity contribution < 1.29 is 9.18 Å². The maximum atomic E-state index is 13.5. The molecule has 0 aliphatic heterocycles. The van der Waals surface area contributed by atoms with Gasteiger partial charge in [-0.3, -0.25) is 15.6 Å². The van der Waals surface area contributed by atoms with Crippen LogP contribution in [0.4, 0.5) is 10.1 Å². The fourth-order valence-corrected chi connectivity index (χ4v) is 2.32. The number of nitrogens with one attached hydrogen (secondary N) is 3. The van der Waals surface area contributed by atoms with Crippen molar-refractivity contribution in [3.63, 3.8) is 0 Å². The van der Waals surface area contributed by atoms with Crippen LogP contribution >= 0.6 is 12.2 Å². The van der Waals surface area contributed by atoms with Gasteiger partial charge in [0.05, 0.1) is 0 Å². The van der Waals surface area contributed by atoms with Crippen molar-refractivity contribution in [3.8, 4) is 0 Å². The molecular weight excluding hydrogens is 325 g/mol. The third-order valence-electron chi connectivity index (χ3n) is 3.54. The number of carbonyl (C=O) groups is 1. The molecule has 0 aromatic heterocycles. The Hall–Kier alpha value is -2.47. The SMILES string of the molecule is Cc1ccc(C)c(NC(=S)NNC(=O)CCc2ccccc2F)c1. The molecule has 0 atom stereocenters. The summed E-state index contributed by atoms with van der Waals surface area (Å²) in [5.74, 6) is -0.561. The minimum Gasteiger partial charge on any atom is -0.331 e. The van der Waals surface area contributed by atoms with Crippen LogP contribution in [0.3, 0.4) is 0 Å². The summed E-state index contributed by atoms with van der Waals surface area (Å²) < 4.78 is 13.5. The second kappa shape index (κ2) is 8.40. The van der Waals surface area contributed by atoms with Crippen molar-refractivity contribution in [2.45, 2.75) is 26.7 Å². The molecule has 6 heteroatoms. The number of benzene rings is 2. The summed E-state index contributed by atoms with van der Waals surface area (Å²) in [7, 11) is 0. The molecule has 2 rings (SSSR count). The summed E-state index contributed by atoms with van der Waals surface area (Å²) in [6.45, 7) is 3.96. The Bertz CT molecular complexity index is 749. The van der Waals surface area contributed by atoms with Crippen LogP contribution in [0.2, 0.25) is 0 Å². The Morgan fingerprint density at radius 2 is 1.88 bits per heavy atom. The van der Waals surface area contributed by atoms with Crippen LogP contribution in [0.1, 0.15) is 23.1 Å². The van der Waals surface area contributed by atoms with E-state index in [4.69, 9.17) is 12.2 Å². The van der Waals surface area contributed by atoms with Gasteiger partial charge >= 0.3 is 0 Å². The zero-order chi connectivity index (χ0) is 17.5. The maximum absolute atomic E-state index is 13.5. The molecule has 0 fully saturated rings. The topological polar surface area (TPSA) is 53.2 Å². The van der Waals surface area contributed by atoms with Gasteiger partial charge in [-0.25, -0.2) is 4.39 Å². The number of hydrogen-bond acceptors (Lipinski definition) is 2. The first-order chi connectivity index (χ1) is 11.5. The highest BCUT2D eigenvalue weighted by Gasteiger charge is 2.07. The number of amides is 1. The van der Waals surface area contributed by atoms with Gasteiger partial charge in [-0.2, -0.15) is 0 Å². The van der Waals surface area contributed by atoms with E-state index in [2.05, 4.69) is 16.2 Å². The molecule has 3 N–H and O–H groups in total. The van der Waals surface area contributed by atoms with Gasteiger partial charge in [0.15, 0.2) is 5.11 Å². The molecule has 0 aliphatic carbocycles. The smallest absolute Gasteiger partial charge is 0.238 e. The first kappa shape index (κ1) is 17.9. The number of thiocarbonyl (C=S) groups is 1. The van der Waals surface area contributed by atoms with E-state index in [-0.39, 0.29) is 18.1 Å². The molecule has 2 aromatic carbocycles. The third kappa shape index (κ3) is 5.31. The van der Waals surface area contributed by atoms with Gasteiger partial charge in [0, 0.05) is 12.1 Å². The van der Waals surface area contributed by atoms with E-state index in [1.54, 1.807) is 18.2 Å². The van der Waals surface area contributed by atoms with Crippen LogP contribution in [0.5, 0.6) is 0 Å². The van der Waals surface area contributed by atoms with E-state index < -0.39 is 0 Å². The van der Waals surface area contributed by atoms with E-state index in [0.717, 1.165) is 16.8 Å². The summed E-state index contributed by atoms with van der Waals surface area (Å²) in [6, 6.07) is 12.4. The molecule has 0 aliphatic rings. The fraction of sp³-hybridized carbons (Fsp3) is 0.222. The van der Waals surface area contributed by atoms with Crippen molar-refractivity contribution in [1.29, 1.82) is 0 Å². The highest BCUT2D eigenvalue weighted by molar-refractivity contribution is 7.80. The summed E-state index contributed by atoms with van der Waals surface area (Å²) in [5, 5.41) is 3.33. The molecule has 0 heterocycles. The normalized spacial score (nSPS) is 10.1. The predicted molar refractivity (Wildman–Crippen MR) is 98.1 cm³/mol. The molecular formula is C18H20FN3OS. The minimum absolute atomic E-state index is 0.167. The fourth-order valence-electron chi connectivity index (χ4n) is 2.16. The second-order valence-electron chi connectivity index (χ2n) is 5.54. The number of halogens is 1. The lowest BCUT2D eigenvalue weighted by Gasteiger charge is -2.14. The number of hydrogen-bond donors (Lipinski definition) is 3. The van der Waals surface area contributed by atoms with Gasteiger partial charge < -0.3 is 5.32 Å². The summed E-state index contributed by atoms with van der Waals surface area (Å²) in [5.41, 5.74) is 8.73. The van der Waals surface area contributed by atoms with Crippen molar-refractivity contribution in [2.75, 3.05) is 5.32 Å². The van der Waals surface area contributed by atoms with Crippen molar-refractivity contribution in [1.82, 2.24) is 10.9 Å². The number of rotatable bonds is 4. The maximum Gasteiger partial charge on any atom is 0.238 e. The van der Waals surface area contributed by atoms with Crippen LogP contribution in [0.15, 0.2) is 42.5 Å². The summed E-state index contributed by atoms with van der Waals surface area (Å²) in [6.07, 6.45) is 0.497. The van der Waals surface area contributed by atoms with Crippen LogP contribution in [-0.4, -0.2) is 11.0 Å². The summed E-state index contributed by atoms with van der Waals surface area (Å²) in [4.78, 5) is 11.8. The first-order valence-corrected chi connectivity index (χ1v) is 8.03. The zero-order valence-electron chi connectivity index (χ0n) is 13.7. The van der Waals surface area contributed by atoms with E-state index in [1.165, 1.54) is 6.07 Å². The Morgan fingerprint density at radius 1 is 1.12 bits per heavy atom. The van der Waals surface area contributed by atoms with Crippen LogP contribution in [0, 0.1) is 19.7 Å². The molecule has 0 saturated carbocycles. The molecule has 2 aromatic rings. The number of aryl methyl sites for hydroxylation is 3. The third-order valence-corrected chi connectivity index (χ3v) is 3.74. The van der Waals surface area contributed by atoms with Crippen LogP contribution in [-0.2, 0) is 11.2 Å². The van der Waals surface area contributed by atoms with Gasteiger partial charge in [0.25, 0.3) is 0 Å². The predicted octanol–water partition coefficient (Wildman–Crippen LogP) is 3.39. The molecule has 0 radical (unpaired) electrons. The Balaban J connectivity index is 1.78. The Labute approximate surface area is 146 Å². The van der Waals surface area contributed by atoms with Gasteiger partial charge in [-0.05, 0) is 61.3 Å². The summed E-state index contributed by atoms with van der Waals surface area (Å²) >= 11 is 5.16. The Morgan fingerprint density at radius 3 is 2.62 bits per heavy atom. The molecule has 0 spiro atoms. The average molecular weight is 345 g/mol. The number of hydrazine groups is 1. The first-order valence-electron chi connectivity index (χ1n) is 7.62. The molecule has 0 unspecified atom stereocenters. The lowest BCUT2D eigenvalue weighted by molar-refractivity contribution is -0.121. The molecule has 4 nitrogen and oxygen atoms in total. The van der Waals surface area contributed by atoms with Gasteiger partial charge in [-0.1, -0.05) is 30.3 Å². The van der Waals surface area contributed by atoms with Crippen LogP contribution < -0.4 is 16.2 Å². The zero-order valence-corrected chi connectivity index (χ0v) is 14.5. The highest BCUT2D eigenvalue weighted by Crippen LogP contribution is 2.16.